The van der Waals surface area contributed by atoms with Gasteiger partial charge in [0.1, 0.15) is 17.8 Å². The molecule has 0 aromatic carbocycles. The molecule has 0 aliphatic carbocycles. The summed E-state index contributed by atoms with van der Waals surface area (Å²) in [5, 5.41) is 1.12. The lowest BCUT2D eigenvalue weighted by Gasteiger charge is -2.33. The smallest absolute Gasteiger partial charge is 0.142 e. The number of aromatic nitrogens is 3. The Bertz CT molecular complexity index is 484. The van der Waals surface area contributed by atoms with E-state index in [1.807, 2.05) is 12.3 Å². The summed E-state index contributed by atoms with van der Waals surface area (Å²) in [5.41, 5.74) is 0.920. The summed E-state index contributed by atoms with van der Waals surface area (Å²) in [5.74, 6) is 1.05. The van der Waals surface area contributed by atoms with Crippen LogP contribution in [0.15, 0.2) is 18.6 Å². The Labute approximate surface area is 94.1 Å². The number of anilines is 1. The molecule has 1 saturated heterocycles. The summed E-state index contributed by atoms with van der Waals surface area (Å²) >= 11 is 0. The number of nitrogens with zero attached hydrogens (tertiary/aromatic N) is 4. The number of H-pyrrole nitrogens is 1. The SMILES string of the molecule is CN1CCN(c2ncnc3[nH]ccc23)CC1. The van der Waals surface area contributed by atoms with Crippen molar-refractivity contribution in [2.24, 2.45) is 0 Å². The number of likely N-dealkylation sites (N-methyl/N-ethyl adjacent to an activating group) is 1. The number of rotatable bonds is 1. The van der Waals surface area contributed by atoms with Gasteiger partial charge in [-0.15, -0.1) is 0 Å². The fraction of sp³-hybridized carbons (Fsp3) is 0.455. The van der Waals surface area contributed by atoms with Crippen LogP contribution in [-0.4, -0.2) is 53.1 Å². The first-order chi connectivity index (χ1) is 7.84. The lowest BCUT2D eigenvalue weighted by atomic mass is 10.3. The van der Waals surface area contributed by atoms with Gasteiger partial charge in [-0.1, -0.05) is 0 Å². The van der Waals surface area contributed by atoms with Crippen molar-refractivity contribution < 1.29 is 0 Å². The molecule has 1 aliphatic rings. The van der Waals surface area contributed by atoms with Crippen LogP contribution in [0.5, 0.6) is 0 Å². The van der Waals surface area contributed by atoms with Gasteiger partial charge in [0.25, 0.3) is 0 Å². The first kappa shape index (κ1) is 9.59. The number of piperazine rings is 1. The summed E-state index contributed by atoms with van der Waals surface area (Å²) in [6.45, 7) is 4.26. The molecule has 2 aromatic heterocycles. The third kappa shape index (κ3) is 1.53. The van der Waals surface area contributed by atoms with Gasteiger partial charge < -0.3 is 14.8 Å². The van der Waals surface area contributed by atoms with Gasteiger partial charge in [-0.05, 0) is 13.1 Å². The van der Waals surface area contributed by atoms with Crippen molar-refractivity contribution in [2.45, 2.75) is 0 Å². The van der Waals surface area contributed by atoms with E-state index < -0.39 is 0 Å². The standard InChI is InChI=1S/C11H15N5/c1-15-4-6-16(7-5-15)11-9-2-3-12-10(9)13-8-14-11/h2-3,8H,4-7H2,1H3,(H,12,13,14). The highest BCUT2D eigenvalue weighted by atomic mass is 15.3. The van der Waals surface area contributed by atoms with E-state index in [1.54, 1.807) is 6.33 Å². The first-order valence-corrected chi connectivity index (χ1v) is 5.56. The molecule has 16 heavy (non-hydrogen) atoms. The minimum Gasteiger partial charge on any atom is -0.353 e. The van der Waals surface area contributed by atoms with Crippen LogP contribution in [0.1, 0.15) is 0 Å². The molecule has 5 nitrogen and oxygen atoms in total. The van der Waals surface area contributed by atoms with Crippen molar-refractivity contribution in [3.05, 3.63) is 18.6 Å². The van der Waals surface area contributed by atoms with E-state index in [2.05, 4.69) is 31.8 Å². The Morgan fingerprint density at radius 2 is 2.00 bits per heavy atom. The highest BCUT2D eigenvalue weighted by Gasteiger charge is 2.17. The largest absolute Gasteiger partial charge is 0.353 e. The zero-order valence-electron chi connectivity index (χ0n) is 9.35. The van der Waals surface area contributed by atoms with E-state index in [-0.39, 0.29) is 0 Å². The fourth-order valence-electron chi connectivity index (χ4n) is 2.13. The van der Waals surface area contributed by atoms with Crippen LogP contribution in [0.3, 0.4) is 0 Å². The van der Waals surface area contributed by atoms with Crippen molar-refractivity contribution in [1.29, 1.82) is 0 Å². The van der Waals surface area contributed by atoms with Crippen LogP contribution < -0.4 is 4.90 Å². The molecule has 0 saturated carbocycles. The fourth-order valence-corrected chi connectivity index (χ4v) is 2.13. The van der Waals surface area contributed by atoms with E-state index in [0.717, 1.165) is 43.0 Å². The molecule has 0 unspecified atom stereocenters. The second-order valence-corrected chi connectivity index (χ2v) is 4.23. The molecule has 3 heterocycles. The van der Waals surface area contributed by atoms with E-state index in [9.17, 15) is 0 Å². The van der Waals surface area contributed by atoms with Gasteiger partial charge in [-0.25, -0.2) is 9.97 Å². The summed E-state index contributed by atoms with van der Waals surface area (Å²) in [4.78, 5) is 16.4. The third-order valence-electron chi connectivity index (χ3n) is 3.14. The number of hydrogen-bond donors (Lipinski definition) is 1. The number of aromatic amines is 1. The molecule has 2 aromatic rings. The number of hydrogen-bond acceptors (Lipinski definition) is 4. The number of nitrogens with one attached hydrogen (secondary N) is 1. The number of fused-ring (bicyclic) bond motifs is 1. The second-order valence-electron chi connectivity index (χ2n) is 4.23. The monoisotopic (exact) mass is 217 g/mol. The van der Waals surface area contributed by atoms with Gasteiger partial charge in [-0.3, -0.25) is 0 Å². The second kappa shape index (κ2) is 3.75. The van der Waals surface area contributed by atoms with Crippen molar-refractivity contribution in [1.82, 2.24) is 19.9 Å². The molecule has 0 spiro atoms. The van der Waals surface area contributed by atoms with Crippen molar-refractivity contribution in [3.63, 3.8) is 0 Å². The average Bonchev–Trinajstić information content (AvgIpc) is 2.78. The van der Waals surface area contributed by atoms with Gasteiger partial charge >= 0.3 is 0 Å². The van der Waals surface area contributed by atoms with Gasteiger partial charge in [0, 0.05) is 32.4 Å². The zero-order valence-corrected chi connectivity index (χ0v) is 9.35. The summed E-state index contributed by atoms with van der Waals surface area (Å²) in [7, 11) is 2.16. The molecule has 3 rings (SSSR count). The molecule has 5 heteroatoms. The topological polar surface area (TPSA) is 48.1 Å². The van der Waals surface area contributed by atoms with E-state index in [1.165, 1.54) is 0 Å². The maximum atomic E-state index is 4.40. The van der Waals surface area contributed by atoms with E-state index >= 15 is 0 Å². The summed E-state index contributed by atoms with van der Waals surface area (Å²) in [6.07, 6.45) is 3.55. The summed E-state index contributed by atoms with van der Waals surface area (Å²) in [6, 6.07) is 2.04. The van der Waals surface area contributed by atoms with Crippen molar-refractivity contribution in [2.75, 3.05) is 38.1 Å². The molecule has 0 amide bonds. The highest BCUT2D eigenvalue weighted by molar-refractivity contribution is 5.87. The minimum atomic E-state index is 0.920. The Morgan fingerprint density at radius 1 is 1.19 bits per heavy atom. The predicted molar refractivity (Wildman–Crippen MR) is 63.6 cm³/mol. The molecule has 84 valence electrons. The molecular weight excluding hydrogens is 202 g/mol. The molecule has 1 fully saturated rings. The predicted octanol–water partition coefficient (Wildman–Crippen LogP) is 0.710. The zero-order chi connectivity index (χ0) is 11.0. The van der Waals surface area contributed by atoms with E-state index in [4.69, 9.17) is 0 Å². The van der Waals surface area contributed by atoms with Gasteiger partial charge in [0.15, 0.2) is 0 Å². The Hall–Kier alpha value is -1.62. The molecule has 0 bridgehead atoms. The lowest BCUT2D eigenvalue weighted by Crippen LogP contribution is -2.44. The highest BCUT2D eigenvalue weighted by Crippen LogP contribution is 2.22. The van der Waals surface area contributed by atoms with Crippen LogP contribution in [0, 0.1) is 0 Å². The quantitative estimate of drug-likeness (QED) is 0.764. The molecule has 1 N–H and O–H groups in total. The van der Waals surface area contributed by atoms with Crippen LogP contribution in [0.4, 0.5) is 5.82 Å². The Morgan fingerprint density at radius 3 is 2.81 bits per heavy atom. The maximum absolute atomic E-state index is 4.40. The van der Waals surface area contributed by atoms with E-state index in [0.29, 0.717) is 0 Å². The van der Waals surface area contributed by atoms with Gasteiger partial charge in [-0.2, -0.15) is 0 Å². The van der Waals surface area contributed by atoms with Crippen LogP contribution in [0.2, 0.25) is 0 Å². The molecule has 0 radical (unpaired) electrons. The molecular formula is C11H15N5. The third-order valence-corrected chi connectivity index (χ3v) is 3.14. The molecule has 0 atom stereocenters. The van der Waals surface area contributed by atoms with Crippen LogP contribution >= 0.6 is 0 Å². The molecule has 1 aliphatic heterocycles. The van der Waals surface area contributed by atoms with Crippen molar-refractivity contribution >= 4 is 16.9 Å². The Kier molecular flexibility index (Phi) is 2.25. The normalized spacial score (nSPS) is 18.2. The van der Waals surface area contributed by atoms with Gasteiger partial charge in [0.05, 0.1) is 5.39 Å². The average molecular weight is 217 g/mol. The van der Waals surface area contributed by atoms with Crippen LogP contribution in [-0.2, 0) is 0 Å². The van der Waals surface area contributed by atoms with Crippen molar-refractivity contribution in [3.8, 4) is 0 Å². The Balaban J connectivity index is 1.96. The lowest BCUT2D eigenvalue weighted by molar-refractivity contribution is 0.312. The first-order valence-electron chi connectivity index (χ1n) is 5.56. The van der Waals surface area contributed by atoms with Crippen LogP contribution in [0.25, 0.3) is 11.0 Å². The summed E-state index contributed by atoms with van der Waals surface area (Å²) < 4.78 is 0. The van der Waals surface area contributed by atoms with Gasteiger partial charge in [0.2, 0.25) is 0 Å². The minimum absolute atomic E-state index is 0.920. The maximum Gasteiger partial charge on any atom is 0.142 e.